The Morgan fingerprint density at radius 3 is 2.82 bits per heavy atom. The van der Waals surface area contributed by atoms with Gasteiger partial charge in [-0.3, -0.25) is 4.79 Å². The predicted octanol–water partition coefficient (Wildman–Crippen LogP) is 1.91. The van der Waals surface area contributed by atoms with Crippen LogP contribution >= 0.6 is 0 Å². The highest BCUT2D eigenvalue weighted by atomic mass is 16.2. The smallest absolute Gasteiger partial charge is 0.254 e. The number of rotatable bonds is 2. The Balaban J connectivity index is 2.64. The summed E-state index contributed by atoms with van der Waals surface area (Å²) in [6.45, 7) is 2.60. The second kappa shape index (κ2) is 4.41. The number of anilines is 1. The van der Waals surface area contributed by atoms with Crippen molar-refractivity contribution >= 4 is 22.6 Å². The minimum atomic E-state index is -0.0298. The van der Waals surface area contributed by atoms with Crippen molar-refractivity contribution in [3.05, 3.63) is 35.9 Å². The fraction of sp³-hybridized carbons (Fsp3) is 0.231. The van der Waals surface area contributed by atoms with Crippen molar-refractivity contribution in [1.29, 1.82) is 0 Å². The zero-order valence-corrected chi connectivity index (χ0v) is 9.97. The average Bonchev–Trinajstić information content (AvgIpc) is 2.35. The number of nitrogens with two attached hydrogens (primary N) is 1. The van der Waals surface area contributed by atoms with Crippen LogP contribution in [0.4, 0.5) is 5.82 Å². The van der Waals surface area contributed by atoms with Gasteiger partial charge in [0, 0.05) is 19.0 Å². The molecule has 2 aromatic rings. The Labute approximate surface area is 100 Å². The highest BCUT2D eigenvalue weighted by Crippen LogP contribution is 2.20. The van der Waals surface area contributed by atoms with Gasteiger partial charge in [-0.25, -0.2) is 4.98 Å². The van der Waals surface area contributed by atoms with Crippen LogP contribution in [0.2, 0.25) is 0 Å². The average molecular weight is 229 g/mol. The molecular weight excluding hydrogens is 214 g/mol. The van der Waals surface area contributed by atoms with E-state index in [2.05, 4.69) is 4.98 Å². The van der Waals surface area contributed by atoms with E-state index in [1.807, 2.05) is 31.2 Å². The van der Waals surface area contributed by atoms with Gasteiger partial charge in [0.2, 0.25) is 0 Å². The first-order valence-electron chi connectivity index (χ1n) is 5.54. The molecule has 0 aliphatic carbocycles. The fourth-order valence-electron chi connectivity index (χ4n) is 1.72. The van der Waals surface area contributed by atoms with Gasteiger partial charge < -0.3 is 10.6 Å². The van der Waals surface area contributed by atoms with Crippen LogP contribution < -0.4 is 5.73 Å². The number of pyridine rings is 1. The van der Waals surface area contributed by atoms with Crippen molar-refractivity contribution in [2.45, 2.75) is 6.92 Å². The summed E-state index contributed by atoms with van der Waals surface area (Å²) < 4.78 is 0. The minimum Gasteiger partial charge on any atom is -0.384 e. The van der Waals surface area contributed by atoms with E-state index in [0.717, 1.165) is 10.9 Å². The van der Waals surface area contributed by atoms with Crippen molar-refractivity contribution in [3.63, 3.8) is 0 Å². The third kappa shape index (κ3) is 2.06. The van der Waals surface area contributed by atoms with Crippen molar-refractivity contribution in [1.82, 2.24) is 9.88 Å². The number of amides is 1. The largest absolute Gasteiger partial charge is 0.384 e. The van der Waals surface area contributed by atoms with E-state index in [0.29, 0.717) is 17.9 Å². The SMILES string of the molecule is CCN(C)C(=O)c1cc(N)nc2ccccc12. The van der Waals surface area contributed by atoms with Crippen molar-refractivity contribution in [2.24, 2.45) is 0 Å². The molecule has 2 N–H and O–H groups in total. The minimum absolute atomic E-state index is 0.0298. The van der Waals surface area contributed by atoms with Gasteiger partial charge in [-0.05, 0) is 19.1 Å². The molecule has 0 atom stereocenters. The molecule has 1 aromatic carbocycles. The quantitative estimate of drug-likeness (QED) is 0.855. The molecule has 0 aliphatic rings. The second-order valence-corrected chi connectivity index (χ2v) is 3.93. The molecule has 0 fully saturated rings. The standard InChI is InChI=1S/C13H15N3O/c1-3-16(2)13(17)10-8-12(14)15-11-7-5-4-6-9(10)11/h4-8H,3H2,1-2H3,(H2,14,15). The number of nitrogens with zero attached hydrogens (tertiary/aromatic N) is 2. The maximum absolute atomic E-state index is 12.2. The first kappa shape index (κ1) is 11.4. The molecule has 1 aromatic heterocycles. The normalized spacial score (nSPS) is 10.5. The molecule has 0 bridgehead atoms. The summed E-state index contributed by atoms with van der Waals surface area (Å²) in [4.78, 5) is 18.0. The Morgan fingerprint density at radius 2 is 2.12 bits per heavy atom. The van der Waals surface area contributed by atoms with E-state index in [1.54, 1.807) is 18.0 Å². The van der Waals surface area contributed by atoms with Gasteiger partial charge in [-0.15, -0.1) is 0 Å². The van der Waals surface area contributed by atoms with Gasteiger partial charge in [-0.2, -0.15) is 0 Å². The summed E-state index contributed by atoms with van der Waals surface area (Å²) in [5.74, 6) is 0.342. The Morgan fingerprint density at radius 1 is 1.41 bits per heavy atom. The van der Waals surface area contributed by atoms with Crippen LogP contribution in [0.5, 0.6) is 0 Å². The van der Waals surface area contributed by atoms with Crippen molar-refractivity contribution in [2.75, 3.05) is 19.3 Å². The fourth-order valence-corrected chi connectivity index (χ4v) is 1.72. The van der Waals surface area contributed by atoms with Crippen LogP contribution in [0.25, 0.3) is 10.9 Å². The molecule has 0 saturated heterocycles. The molecule has 1 amide bonds. The van der Waals surface area contributed by atoms with Gasteiger partial charge in [0.25, 0.3) is 5.91 Å². The molecular formula is C13H15N3O. The van der Waals surface area contributed by atoms with Crippen LogP contribution in [0.3, 0.4) is 0 Å². The van der Waals surface area contributed by atoms with Gasteiger partial charge >= 0.3 is 0 Å². The van der Waals surface area contributed by atoms with E-state index in [4.69, 9.17) is 5.73 Å². The number of hydrogen-bond donors (Lipinski definition) is 1. The molecule has 17 heavy (non-hydrogen) atoms. The number of carbonyl (C=O) groups excluding carboxylic acids is 1. The maximum Gasteiger partial charge on any atom is 0.254 e. The Bertz CT molecular complexity index is 566. The zero-order valence-electron chi connectivity index (χ0n) is 9.97. The molecule has 1 heterocycles. The van der Waals surface area contributed by atoms with Crippen molar-refractivity contribution < 1.29 is 4.79 Å². The summed E-state index contributed by atoms with van der Waals surface area (Å²) in [6.07, 6.45) is 0. The monoisotopic (exact) mass is 229 g/mol. The van der Waals surface area contributed by atoms with E-state index >= 15 is 0 Å². The number of para-hydroxylation sites is 1. The molecule has 0 unspecified atom stereocenters. The van der Waals surface area contributed by atoms with Crippen molar-refractivity contribution in [3.8, 4) is 0 Å². The van der Waals surface area contributed by atoms with Gasteiger partial charge in [-0.1, -0.05) is 18.2 Å². The predicted molar refractivity (Wildman–Crippen MR) is 68.8 cm³/mol. The molecule has 2 rings (SSSR count). The van der Waals surface area contributed by atoms with E-state index in [-0.39, 0.29) is 5.91 Å². The van der Waals surface area contributed by atoms with Crippen LogP contribution in [-0.4, -0.2) is 29.4 Å². The summed E-state index contributed by atoms with van der Waals surface area (Å²) in [5.41, 5.74) is 7.08. The topological polar surface area (TPSA) is 59.2 Å². The van der Waals surface area contributed by atoms with Gasteiger partial charge in [0.05, 0.1) is 11.1 Å². The zero-order chi connectivity index (χ0) is 12.4. The summed E-state index contributed by atoms with van der Waals surface area (Å²) in [7, 11) is 1.77. The lowest BCUT2D eigenvalue weighted by molar-refractivity contribution is 0.0804. The maximum atomic E-state index is 12.2. The lowest BCUT2D eigenvalue weighted by atomic mass is 10.1. The number of benzene rings is 1. The van der Waals surface area contributed by atoms with E-state index < -0.39 is 0 Å². The van der Waals surface area contributed by atoms with Crippen LogP contribution in [0.1, 0.15) is 17.3 Å². The van der Waals surface area contributed by atoms with E-state index in [1.165, 1.54) is 0 Å². The van der Waals surface area contributed by atoms with E-state index in [9.17, 15) is 4.79 Å². The van der Waals surface area contributed by atoms with Crippen LogP contribution in [-0.2, 0) is 0 Å². The summed E-state index contributed by atoms with van der Waals surface area (Å²) >= 11 is 0. The number of fused-ring (bicyclic) bond motifs is 1. The lowest BCUT2D eigenvalue weighted by Crippen LogP contribution is -2.26. The van der Waals surface area contributed by atoms with Gasteiger partial charge in [0.1, 0.15) is 5.82 Å². The molecule has 4 heteroatoms. The lowest BCUT2D eigenvalue weighted by Gasteiger charge is -2.16. The molecule has 0 spiro atoms. The Kier molecular flexibility index (Phi) is 2.95. The third-order valence-electron chi connectivity index (χ3n) is 2.79. The molecule has 0 aliphatic heterocycles. The number of carbonyl (C=O) groups is 1. The first-order chi connectivity index (χ1) is 8.13. The molecule has 88 valence electrons. The molecule has 4 nitrogen and oxygen atoms in total. The number of aromatic nitrogens is 1. The summed E-state index contributed by atoms with van der Waals surface area (Å²) in [6, 6.07) is 9.15. The number of nitrogen functional groups attached to an aromatic ring is 1. The molecule has 0 saturated carbocycles. The first-order valence-corrected chi connectivity index (χ1v) is 5.54. The molecule has 0 radical (unpaired) electrons. The highest BCUT2D eigenvalue weighted by molar-refractivity contribution is 6.06. The third-order valence-corrected chi connectivity index (χ3v) is 2.79. The number of hydrogen-bond acceptors (Lipinski definition) is 3. The highest BCUT2D eigenvalue weighted by Gasteiger charge is 2.14. The Hall–Kier alpha value is -2.10. The van der Waals surface area contributed by atoms with Crippen LogP contribution in [0, 0.1) is 0 Å². The van der Waals surface area contributed by atoms with Gasteiger partial charge in [0.15, 0.2) is 0 Å². The van der Waals surface area contributed by atoms with Crippen LogP contribution in [0.15, 0.2) is 30.3 Å². The second-order valence-electron chi connectivity index (χ2n) is 3.93. The summed E-state index contributed by atoms with van der Waals surface area (Å²) in [5, 5.41) is 0.840.